The summed E-state index contributed by atoms with van der Waals surface area (Å²) in [6.07, 6.45) is 8.73. The van der Waals surface area contributed by atoms with E-state index in [-0.39, 0.29) is 0 Å². The van der Waals surface area contributed by atoms with Crippen LogP contribution in [-0.4, -0.2) is 42.8 Å². The van der Waals surface area contributed by atoms with Gasteiger partial charge in [0.15, 0.2) is 0 Å². The molecule has 0 radical (unpaired) electrons. The van der Waals surface area contributed by atoms with Crippen LogP contribution in [0.15, 0.2) is 0 Å². The van der Waals surface area contributed by atoms with Crippen molar-refractivity contribution < 1.29 is 10.0 Å². The minimum Gasteiger partial charge on any atom is -0.427 e. The zero-order valence-electron chi connectivity index (χ0n) is 11.0. The van der Waals surface area contributed by atoms with Gasteiger partial charge >= 0.3 is 7.12 Å². The molecule has 0 aromatic heterocycles. The highest BCUT2D eigenvalue weighted by Crippen LogP contribution is 2.15. The van der Waals surface area contributed by atoms with E-state index in [2.05, 4.69) is 10.6 Å². The van der Waals surface area contributed by atoms with Crippen molar-refractivity contribution in [3.8, 4) is 0 Å². The Morgan fingerprint density at radius 2 is 2.18 bits per heavy atom. The van der Waals surface area contributed by atoms with Crippen LogP contribution >= 0.6 is 0 Å². The van der Waals surface area contributed by atoms with Gasteiger partial charge in [-0.15, -0.1) is 0 Å². The van der Waals surface area contributed by atoms with Gasteiger partial charge in [0, 0.05) is 12.1 Å². The van der Waals surface area contributed by atoms with Gasteiger partial charge in [0.2, 0.25) is 0 Å². The van der Waals surface area contributed by atoms with Crippen LogP contribution in [0.2, 0.25) is 6.32 Å². The van der Waals surface area contributed by atoms with Gasteiger partial charge in [0.1, 0.15) is 0 Å². The predicted molar refractivity (Wildman–Crippen MR) is 72.0 cm³/mol. The van der Waals surface area contributed by atoms with Crippen molar-refractivity contribution in [3.05, 3.63) is 0 Å². The largest absolute Gasteiger partial charge is 0.451 e. The van der Waals surface area contributed by atoms with Crippen LogP contribution in [-0.2, 0) is 0 Å². The summed E-state index contributed by atoms with van der Waals surface area (Å²) in [4.78, 5) is 0. The van der Waals surface area contributed by atoms with E-state index in [0.29, 0.717) is 12.4 Å². The standard InChI is InChI=1S/C12H27BN2O2/c1-14-11(5-2-3-9-13(16)17)7-8-12-6-4-10-15-12/h11-12,14-17H,2-10H2,1H3/t11?,12-/m0/s1. The lowest BCUT2D eigenvalue weighted by molar-refractivity contribution is 0.394. The number of rotatable bonds is 9. The summed E-state index contributed by atoms with van der Waals surface area (Å²) in [5.41, 5.74) is 0. The van der Waals surface area contributed by atoms with E-state index in [1.807, 2.05) is 7.05 Å². The van der Waals surface area contributed by atoms with Gasteiger partial charge in [-0.2, -0.15) is 0 Å². The van der Waals surface area contributed by atoms with Crippen molar-refractivity contribution >= 4 is 7.12 Å². The summed E-state index contributed by atoms with van der Waals surface area (Å²) in [7, 11) is 0.888. The van der Waals surface area contributed by atoms with E-state index >= 15 is 0 Å². The van der Waals surface area contributed by atoms with Gasteiger partial charge in [0.25, 0.3) is 0 Å². The van der Waals surface area contributed by atoms with E-state index in [9.17, 15) is 0 Å². The maximum atomic E-state index is 8.75. The molecule has 17 heavy (non-hydrogen) atoms. The summed E-state index contributed by atoms with van der Waals surface area (Å²) >= 11 is 0. The molecule has 1 heterocycles. The Balaban J connectivity index is 2.02. The molecule has 1 aliphatic rings. The van der Waals surface area contributed by atoms with Gasteiger partial charge in [-0.25, -0.2) is 0 Å². The maximum Gasteiger partial charge on any atom is 0.451 e. The molecule has 1 fully saturated rings. The first-order valence-corrected chi connectivity index (χ1v) is 6.99. The summed E-state index contributed by atoms with van der Waals surface area (Å²) in [5.74, 6) is 0. The number of unbranched alkanes of at least 4 members (excludes halogenated alkanes) is 1. The Morgan fingerprint density at radius 1 is 1.35 bits per heavy atom. The molecular formula is C12H27BN2O2. The van der Waals surface area contributed by atoms with Crippen molar-refractivity contribution in [1.82, 2.24) is 10.6 Å². The molecule has 0 saturated carbocycles. The second-order valence-corrected chi connectivity index (χ2v) is 5.12. The van der Waals surface area contributed by atoms with Gasteiger partial charge in [-0.1, -0.05) is 12.8 Å². The van der Waals surface area contributed by atoms with E-state index in [1.165, 1.54) is 32.2 Å². The second kappa shape index (κ2) is 8.92. The highest BCUT2D eigenvalue weighted by molar-refractivity contribution is 6.40. The Labute approximate surface area is 105 Å². The zero-order chi connectivity index (χ0) is 12.5. The van der Waals surface area contributed by atoms with Crippen molar-refractivity contribution in [2.45, 2.75) is 63.3 Å². The third-order valence-electron chi connectivity index (χ3n) is 3.70. The van der Waals surface area contributed by atoms with Gasteiger partial charge in [0.05, 0.1) is 0 Å². The van der Waals surface area contributed by atoms with Crippen molar-refractivity contribution in [1.29, 1.82) is 0 Å². The van der Waals surface area contributed by atoms with E-state index in [4.69, 9.17) is 10.0 Å². The first-order valence-electron chi connectivity index (χ1n) is 6.99. The fourth-order valence-corrected chi connectivity index (χ4v) is 2.56. The molecular weight excluding hydrogens is 215 g/mol. The molecule has 1 unspecified atom stereocenters. The van der Waals surface area contributed by atoms with Crippen molar-refractivity contribution in [2.75, 3.05) is 13.6 Å². The Hall–Kier alpha value is -0.0951. The van der Waals surface area contributed by atoms with E-state index in [1.54, 1.807) is 0 Å². The smallest absolute Gasteiger partial charge is 0.427 e. The third kappa shape index (κ3) is 7.04. The first-order chi connectivity index (χ1) is 8.22. The fraction of sp³-hybridized carbons (Fsp3) is 1.00. The summed E-state index contributed by atoms with van der Waals surface area (Å²) in [5, 5.41) is 24.4. The minimum absolute atomic E-state index is 0.501. The molecule has 1 aliphatic heterocycles. The molecule has 0 spiro atoms. The highest BCUT2D eigenvalue weighted by atomic mass is 16.4. The number of hydrogen-bond acceptors (Lipinski definition) is 4. The molecule has 0 amide bonds. The zero-order valence-corrected chi connectivity index (χ0v) is 11.0. The van der Waals surface area contributed by atoms with Crippen molar-refractivity contribution in [2.24, 2.45) is 0 Å². The fourth-order valence-electron chi connectivity index (χ4n) is 2.56. The van der Waals surface area contributed by atoms with Gasteiger partial charge in [-0.05, 0) is 52.0 Å². The van der Waals surface area contributed by atoms with E-state index in [0.717, 1.165) is 25.3 Å². The van der Waals surface area contributed by atoms with Crippen LogP contribution < -0.4 is 10.6 Å². The number of hydrogen-bond donors (Lipinski definition) is 4. The van der Waals surface area contributed by atoms with E-state index < -0.39 is 7.12 Å². The predicted octanol–water partition coefficient (Wildman–Crippen LogP) is 0.750. The lowest BCUT2D eigenvalue weighted by Gasteiger charge is -2.18. The molecule has 4 nitrogen and oxygen atoms in total. The van der Waals surface area contributed by atoms with Crippen LogP contribution in [0.25, 0.3) is 0 Å². The highest BCUT2D eigenvalue weighted by Gasteiger charge is 2.16. The van der Waals surface area contributed by atoms with Gasteiger partial charge < -0.3 is 20.7 Å². The van der Waals surface area contributed by atoms with Crippen LogP contribution in [0, 0.1) is 0 Å². The lowest BCUT2D eigenvalue weighted by atomic mass is 9.83. The Bertz CT molecular complexity index is 187. The molecule has 1 rings (SSSR count). The average Bonchev–Trinajstić information content (AvgIpc) is 2.81. The third-order valence-corrected chi connectivity index (χ3v) is 3.70. The minimum atomic E-state index is -1.13. The first kappa shape index (κ1) is 15.0. The average molecular weight is 242 g/mol. The Morgan fingerprint density at radius 3 is 2.76 bits per heavy atom. The lowest BCUT2D eigenvalue weighted by Crippen LogP contribution is -2.29. The van der Waals surface area contributed by atoms with Crippen molar-refractivity contribution in [3.63, 3.8) is 0 Å². The summed E-state index contributed by atoms with van der Waals surface area (Å²) < 4.78 is 0. The Kier molecular flexibility index (Phi) is 7.85. The normalized spacial score (nSPS) is 21.7. The molecule has 1 saturated heterocycles. The molecule has 0 aromatic carbocycles. The SMILES string of the molecule is CNC(CCCCB(O)O)CC[C@@H]1CCCN1. The molecule has 2 atom stereocenters. The molecule has 5 heteroatoms. The molecule has 100 valence electrons. The summed E-state index contributed by atoms with van der Waals surface area (Å²) in [6.45, 7) is 1.18. The second-order valence-electron chi connectivity index (χ2n) is 5.12. The van der Waals surface area contributed by atoms with Crippen LogP contribution in [0.5, 0.6) is 0 Å². The molecule has 0 bridgehead atoms. The molecule has 0 aliphatic carbocycles. The van der Waals surface area contributed by atoms with Crippen LogP contribution in [0.1, 0.15) is 44.9 Å². The number of nitrogens with one attached hydrogen (secondary N) is 2. The summed E-state index contributed by atoms with van der Waals surface area (Å²) in [6, 6.07) is 1.30. The van der Waals surface area contributed by atoms with Crippen LogP contribution in [0.3, 0.4) is 0 Å². The van der Waals surface area contributed by atoms with Crippen LogP contribution in [0.4, 0.5) is 0 Å². The maximum absolute atomic E-state index is 8.75. The molecule has 4 N–H and O–H groups in total. The monoisotopic (exact) mass is 242 g/mol. The topological polar surface area (TPSA) is 64.5 Å². The quantitative estimate of drug-likeness (QED) is 0.356. The van der Waals surface area contributed by atoms with Gasteiger partial charge in [-0.3, -0.25) is 0 Å². The molecule has 0 aromatic rings.